The molecule has 7 heteroatoms. The molecule has 4 atom stereocenters. The summed E-state index contributed by atoms with van der Waals surface area (Å²) in [6, 6.07) is 34.2. The van der Waals surface area contributed by atoms with E-state index in [2.05, 4.69) is 47.6 Å². The fraction of sp³-hybridized carbons (Fsp3) is 0.265. The molecule has 2 saturated heterocycles. The van der Waals surface area contributed by atoms with Gasteiger partial charge in [0.1, 0.15) is 5.78 Å². The van der Waals surface area contributed by atoms with Crippen LogP contribution in [0.2, 0.25) is 0 Å². The Balaban J connectivity index is 1.44. The predicted molar refractivity (Wildman–Crippen MR) is 164 cm³/mol. The van der Waals surface area contributed by atoms with Crippen molar-refractivity contribution in [2.75, 3.05) is 6.54 Å². The standard InChI is InChI=1S/C34H34N2O3S2/c1-24-13-17-28(18-14-24)40-35-23-30-33(21-31(35)26-9-5-3-6-10-26)36(41(38,39)29-19-15-25(2)16-20-29)32(22-34(30)37)27-11-7-4-8-12-27/h3-20,30-33H,21-23H2,1-2H3/t30?,31-,32-,33?/m0/s1. The Morgan fingerprint density at radius 1 is 0.707 bits per heavy atom. The average molecular weight is 583 g/mol. The van der Waals surface area contributed by atoms with Crippen molar-refractivity contribution in [2.24, 2.45) is 5.92 Å². The number of Topliss-reactive ketones (excluding diaryl/α,β-unsaturated/α-hetero) is 1. The Kier molecular flexibility index (Phi) is 7.88. The molecule has 210 valence electrons. The lowest BCUT2D eigenvalue weighted by Crippen LogP contribution is -2.59. The summed E-state index contributed by atoms with van der Waals surface area (Å²) in [6.45, 7) is 4.49. The number of nitrogens with zero attached hydrogens (tertiary/aromatic N) is 2. The Morgan fingerprint density at radius 3 is 1.83 bits per heavy atom. The van der Waals surface area contributed by atoms with E-state index in [9.17, 15) is 13.2 Å². The van der Waals surface area contributed by atoms with E-state index < -0.39 is 28.0 Å². The molecule has 4 aromatic carbocycles. The van der Waals surface area contributed by atoms with E-state index in [1.165, 1.54) is 5.56 Å². The first-order chi connectivity index (χ1) is 19.8. The molecule has 0 amide bonds. The summed E-state index contributed by atoms with van der Waals surface area (Å²) in [6.07, 6.45) is 0.684. The number of rotatable bonds is 6. The minimum atomic E-state index is -3.90. The van der Waals surface area contributed by atoms with Gasteiger partial charge in [0, 0.05) is 35.9 Å². The van der Waals surface area contributed by atoms with Gasteiger partial charge in [-0.15, -0.1) is 0 Å². The van der Waals surface area contributed by atoms with Crippen LogP contribution in [0, 0.1) is 19.8 Å². The van der Waals surface area contributed by atoms with Crippen molar-refractivity contribution in [1.82, 2.24) is 8.61 Å². The van der Waals surface area contributed by atoms with Crippen LogP contribution in [-0.4, -0.2) is 35.4 Å². The molecule has 0 aliphatic carbocycles. The molecule has 0 saturated carbocycles. The number of piperidine rings is 2. The number of carbonyl (C=O) groups excluding carboxylic acids is 1. The van der Waals surface area contributed by atoms with E-state index in [0.29, 0.717) is 13.0 Å². The van der Waals surface area contributed by atoms with Gasteiger partial charge >= 0.3 is 0 Å². The molecule has 41 heavy (non-hydrogen) atoms. The first-order valence-electron chi connectivity index (χ1n) is 14.1. The molecule has 5 nitrogen and oxygen atoms in total. The maximum atomic E-state index is 14.5. The van der Waals surface area contributed by atoms with Crippen LogP contribution in [0.1, 0.15) is 47.2 Å². The molecule has 2 unspecified atom stereocenters. The van der Waals surface area contributed by atoms with Gasteiger partial charge in [-0.25, -0.2) is 12.7 Å². The molecule has 0 aromatic heterocycles. The normalized spacial score (nSPS) is 23.7. The second-order valence-electron chi connectivity index (χ2n) is 11.1. The Morgan fingerprint density at radius 2 is 1.24 bits per heavy atom. The number of sulfonamides is 1. The highest BCUT2D eigenvalue weighted by Crippen LogP contribution is 2.49. The zero-order valence-electron chi connectivity index (χ0n) is 23.3. The van der Waals surface area contributed by atoms with Crippen LogP contribution >= 0.6 is 11.9 Å². The van der Waals surface area contributed by atoms with Crippen LogP contribution in [0.4, 0.5) is 0 Å². The van der Waals surface area contributed by atoms with Crippen molar-refractivity contribution in [3.05, 3.63) is 131 Å². The minimum absolute atomic E-state index is 0.0678. The third-order valence-electron chi connectivity index (χ3n) is 8.30. The Bertz CT molecular complexity index is 1610. The number of ketones is 1. The molecule has 2 heterocycles. The summed E-state index contributed by atoms with van der Waals surface area (Å²) >= 11 is 1.65. The van der Waals surface area contributed by atoms with Crippen LogP contribution in [0.3, 0.4) is 0 Å². The molecule has 2 aliphatic rings. The third kappa shape index (κ3) is 5.64. The van der Waals surface area contributed by atoms with Gasteiger partial charge in [0.15, 0.2) is 0 Å². The smallest absolute Gasteiger partial charge is 0.243 e. The van der Waals surface area contributed by atoms with Gasteiger partial charge in [-0.3, -0.25) is 4.79 Å². The molecule has 4 aromatic rings. The van der Waals surface area contributed by atoms with Crippen LogP contribution < -0.4 is 0 Å². The maximum Gasteiger partial charge on any atom is 0.243 e. The molecule has 0 bridgehead atoms. The Hall–Kier alpha value is -3.23. The van der Waals surface area contributed by atoms with E-state index in [-0.39, 0.29) is 23.1 Å². The van der Waals surface area contributed by atoms with E-state index in [1.807, 2.05) is 67.6 Å². The molecule has 0 spiro atoms. The number of hydrogen-bond donors (Lipinski definition) is 0. The molecule has 2 aliphatic heterocycles. The fourth-order valence-electron chi connectivity index (χ4n) is 6.14. The first kappa shape index (κ1) is 27.9. The largest absolute Gasteiger partial charge is 0.299 e. The van der Waals surface area contributed by atoms with Crippen LogP contribution in [0.5, 0.6) is 0 Å². The lowest BCUT2D eigenvalue weighted by molar-refractivity contribution is -0.131. The average Bonchev–Trinajstić information content (AvgIpc) is 2.99. The number of fused-ring (bicyclic) bond motifs is 1. The highest BCUT2D eigenvalue weighted by Gasteiger charge is 2.52. The van der Waals surface area contributed by atoms with Gasteiger partial charge < -0.3 is 0 Å². The predicted octanol–water partition coefficient (Wildman–Crippen LogP) is 7.15. The maximum absolute atomic E-state index is 14.5. The van der Waals surface area contributed by atoms with Gasteiger partial charge in [0.2, 0.25) is 10.0 Å². The lowest BCUT2D eigenvalue weighted by Gasteiger charge is -2.51. The molecular formula is C34H34N2O3S2. The molecule has 0 N–H and O–H groups in total. The molecular weight excluding hydrogens is 549 g/mol. The van der Waals surface area contributed by atoms with Crippen LogP contribution in [0.15, 0.2) is 119 Å². The van der Waals surface area contributed by atoms with E-state index in [4.69, 9.17) is 0 Å². The van der Waals surface area contributed by atoms with Gasteiger partial charge in [-0.1, -0.05) is 96.1 Å². The lowest BCUT2D eigenvalue weighted by atomic mass is 9.77. The number of hydrogen-bond acceptors (Lipinski definition) is 5. The van der Waals surface area contributed by atoms with Gasteiger partial charge in [0.05, 0.1) is 10.9 Å². The van der Waals surface area contributed by atoms with Crippen molar-refractivity contribution >= 4 is 27.8 Å². The monoisotopic (exact) mass is 582 g/mol. The van der Waals surface area contributed by atoms with Crippen molar-refractivity contribution in [1.29, 1.82) is 0 Å². The quantitative estimate of drug-likeness (QED) is 0.226. The van der Waals surface area contributed by atoms with Crippen molar-refractivity contribution in [3.8, 4) is 0 Å². The summed E-state index contributed by atoms with van der Waals surface area (Å²) in [5.41, 5.74) is 4.16. The van der Waals surface area contributed by atoms with Crippen molar-refractivity contribution in [2.45, 2.75) is 54.6 Å². The summed E-state index contributed by atoms with van der Waals surface area (Å²) < 4.78 is 32.9. The van der Waals surface area contributed by atoms with Crippen LogP contribution in [-0.2, 0) is 14.8 Å². The van der Waals surface area contributed by atoms with E-state index in [1.54, 1.807) is 28.4 Å². The van der Waals surface area contributed by atoms with Gasteiger partial charge in [0.25, 0.3) is 0 Å². The number of carbonyl (C=O) groups is 1. The second-order valence-corrected chi connectivity index (χ2v) is 14.1. The van der Waals surface area contributed by atoms with Crippen molar-refractivity contribution in [3.63, 3.8) is 0 Å². The fourth-order valence-corrected chi connectivity index (χ4v) is 9.09. The van der Waals surface area contributed by atoms with Crippen molar-refractivity contribution < 1.29 is 13.2 Å². The summed E-state index contributed by atoms with van der Waals surface area (Å²) in [7, 11) is -3.90. The highest BCUT2D eigenvalue weighted by atomic mass is 32.2. The second kappa shape index (κ2) is 11.6. The number of benzene rings is 4. The highest BCUT2D eigenvalue weighted by molar-refractivity contribution is 7.97. The summed E-state index contributed by atoms with van der Waals surface area (Å²) in [4.78, 5) is 15.3. The SMILES string of the molecule is Cc1ccc(SN2CC3C(=O)C[C@@H](c4ccccc4)N(S(=O)(=O)c4ccc(C)cc4)C3C[C@H]2c2ccccc2)cc1. The Labute approximate surface area is 247 Å². The minimum Gasteiger partial charge on any atom is -0.299 e. The summed E-state index contributed by atoms with van der Waals surface area (Å²) in [5, 5.41) is 0. The topological polar surface area (TPSA) is 57.7 Å². The van der Waals surface area contributed by atoms with Crippen LogP contribution in [0.25, 0.3) is 0 Å². The first-order valence-corrected chi connectivity index (χ1v) is 16.3. The van der Waals surface area contributed by atoms with Gasteiger partial charge in [-0.2, -0.15) is 4.31 Å². The third-order valence-corrected chi connectivity index (χ3v) is 11.4. The zero-order chi connectivity index (χ0) is 28.6. The number of aryl methyl sites for hydroxylation is 2. The van der Waals surface area contributed by atoms with Gasteiger partial charge in [-0.05, 0) is 67.6 Å². The van der Waals surface area contributed by atoms with E-state index in [0.717, 1.165) is 21.6 Å². The molecule has 2 fully saturated rings. The molecule has 0 radical (unpaired) electrons. The van der Waals surface area contributed by atoms with E-state index >= 15 is 0 Å². The molecule has 6 rings (SSSR count). The zero-order valence-corrected chi connectivity index (χ0v) is 24.9. The summed E-state index contributed by atoms with van der Waals surface area (Å²) in [5.74, 6) is -0.298.